The summed E-state index contributed by atoms with van der Waals surface area (Å²) in [5.74, 6) is -0.121. The van der Waals surface area contributed by atoms with Crippen molar-refractivity contribution < 1.29 is 9.53 Å². The van der Waals surface area contributed by atoms with Gasteiger partial charge >= 0.3 is 5.97 Å². The molecule has 1 heterocycles. The van der Waals surface area contributed by atoms with Crippen molar-refractivity contribution in [2.75, 3.05) is 26.7 Å². The molecule has 1 saturated heterocycles. The number of likely N-dealkylation sites (tertiary alicyclic amines) is 1. The highest BCUT2D eigenvalue weighted by molar-refractivity contribution is 5.71. The minimum Gasteiger partial charge on any atom is -0.468 e. The number of ether oxygens (including phenoxy) is 1. The molecule has 0 aliphatic carbocycles. The second-order valence-corrected chi connectivity index (χ2v) is 6.24. The van der Waals surface area contributed by atoms with Gasteiger partial charge in [-0.15, -0.1) is 0 Å². The number of rotatable bonds is 3. The fourth-order valence-electron chi connectivity index (χ4n) is 3.02. The summed E-state index contributed by atoms with van der Waals surface area (Å²) in [7, 11) is 1.46. The van der Waals surface area contributed by atoms with Gasteiger partial charge in [0.2, 0.25) is 0 Å². The smallest absolute Gasteiger partial charge is 0.319 e. The summed E-state index contributed by atoms with van der Waals surface area (Å²) in [5, 5.41) is 0. The maximum Gasteiger partial charge on any atom is 0.319 e. The molecule has 0 aromatic carbocycles. The van der Waals surface area contributed by atoms with Crippen molar-refractivity contribution >= 4 is 5.97 Å². The van der Waals surface area contributed by atoms with E-state index in [0.29, 0.717) is 17.4 Å². The lowest BCUT2D eigenvalue weighted by Gasteiger charge is -2.49. The van der Waals surface area contributed by atoms with Gasteiger partial charge in [0.15, 0.2) is 0 Å². The van der Waals surface area contributed by atoms with E-state index in [1.807, 2.05) is 0 Å². The molecule has 0 amide bonds. The predicted octanol–water partition coefficient (Wildman–Crippen LogP) is 2.70. The molecule has 0 saturated carbocycles. The Hall–Kier alpha value is -0.570. The third-order valence-electron chi connectivity index (χ3n) is 4.66. The molecule has 1 aliphatic rings. The third kappa shape index (κ3) is 3.21. The van der Waals surface area contributed by atoms with Gasteiger partial charge in [-0.1, -0.05) is 27.7 Å². The summed E-state index contributed by atoms with van der Waals surface area (Å²) >= 11 is 0. The number of carbonyl (C=O) groups is 1. The standard InChI is InChI=1S/C14H27NO2/c1-6-14(13(2,3)4)7-9-15(10-8-14)11-12(16)17-5/h6-11H2,1-5H3. The normalized spacial score (nSPS) is 21.2. The van der Waals surface area contributed by atoms with E-state index in [2.05, 4.69) is 32.6 Å². The zero-order valence-corrected chi connectivity index (χ0v) is 12.0. The number of carbonyl (C=O) groups excluding carboxylic acids is 1. The van der Waals surface area contributed by atoms with Crippen LogP contribution in [-0.2, 0) is 9.53 Å². The second-order valence-electron chi connectivity index (χ2n) is 6.24. The Morgan fingerprint density at radius 3 is 2.18 bits per heavy atom. The highest BCUT2D eigenvalue weighted by atomic mass is 16.5. The molecule has 1 fully saturated rings. The molecule has 0 atom stereocenters. The molecule has 1 aliphatic heterocycles. The summed E-state index contributed by atoms with van der Waals surface area (Å²) in [6.45, 7) is 11.8. The fraction of sp³-hybridized carbons (Fsp3) is 0.929. The van der Waals surface area contributed by atoms with E-state index in [4.69, 9.17) is 4.74 Å². The van der Waals surface area contributed by atoms with Gasteiger partial charge in [-0.3, -0.25) is 9.69 Å². The Morgan fingerprint density at radius 1 is 1.29 bits per heavy atom. The van der Waals surface area contributed by atoms with Gasteiger partial charge in [0.1, 0.15) is 0 Å². The Kier molecular flexibility index (Phi) is 4.59. The first-order valence-electron chi connectivity index (χ1n) is 6.64. The lowest BCUT2D eigenvalue weighted by atomic mass is 9.60. The van der Waals surface area contributed by atoms with Crippen LogP contribution in [0.25, 0.3) is 0 Å². The number of hydrogen-bond acceptors (Lipinski definition) is 3. The number of piperidine rings is 1. The first kappa shape index (κ1) is 14.5. The van der Waals surface area contributed by atoms with Crippen LogP contribution in [0.15, 0.2) is 0 Å². The van der Waals surface area contributed by atoms with E-state index in [1.165, 1.54) is 26.4 Å². The van der Waals surface area contributed by atoms with E-state index in [9.17, 15) is 4.79 Å². The minimum atomic E-state index is -0.121. The maximum absolute atomic E-state index is 11.2. The molecule has 0 N–H and O–H groups in total. The average Bonchev–Trinajstić information content (AvgIpc) is 2.28. The first-order valence-corrected chi connectivity index (χ1v) is 6.64. The lowest BCUT2D eigenvalue weighted by molar-refractivity contribution is -0.142. The highest BCUT2D eigenvalue weighted by Crippen LogP contribution is 2.49. The number of hydrogen-bond donors (Lipinski definition) is 0. The number of esters is 1. The quantitative estimate of drug-likeness (QED) is 0.712. The first-order chi connectivity index (χ1) is 7.84. The van der Waals surface area contributed by atoms with Crippen LogP contribution in [0.5, 0.6) is 0 Å². The summed E-state index contributed by atoms with van der Waals surface area (Å²) in [6.07, 6.45) is 3.59. The van der Waals surface area contributed by atoms with Crippen molar-refractivity contribution in [3.05, 3.63) is 0 Å². The predicted molar refractivity (Wildman–Crippen MR) is 69.9 cm³/mol. The Labute approximate surface area is 106 Å². The summed E-state index contributed by atoms with van der Waals surface area (Å²) in [5.41, 5.74) is 0.777. The number of methoxy groups -OCH3 is 1. The molecule has 1 rings (SSSR count). The van der Waals surface area contributed by atoms with Gasteiger partial charge in [0, 0.05) is 0 Å². The van der Waals surface area contributed by atoms with Crippen molar-refractivity contribution in [3.8, 4) is 0 Å². The molecule has 0 unspecified atom stereocenters. The van der Waals surface area contributed by atoms with E-state index in [-0.39, 0.29) is 5.97 Å². The van der Waals surface area contributed by atoms with Gasteiger partial charge in [-0.05, 0) is 43.2 Å². The van der Waals surface area contributed by atoms with E-state index < -0.39 is 0 Å². The molecule has 17 heavy (non-hydrogen) atoms. The van der Waals surface area contributed by atoms with Crippen LogP contribution in [0.3, 0.4) is 0 Å². The summed E-state index contributed by atoms with van der Waals surface area (Å²) in [4.78, 5) is 13.5. The Balaban J connectivity index is 2.57. The molecular weight excluding hydrogens is 214 g/mol. The molecule has 100 valence electrons. The van der Waals surface area contributed by atoms with Crippen molar-refractivity contribution in [1.82, 2.24) is 4.90 Å². The van der Waals surface area contributed by atoms with Gasteiger partial charge in [0.25, 0.3) is 0 Å². The molecule has 0 aromatic rings. The molecule has 3 heteroatoms. The van der Waals surface area contributed by atoms with E-state index in [1.54, 1.807) is 0 Å². The van der Waals surface area contributed by atoms with Gasteiger partial charge in [-0.25, -0.2) is 0 Å². The zero-order chi connectivity index (χ0) is 13.1. The van der Waals surface area contributed by atoms with Crippen molar-refractivity contribution in [2.45, 2.75) is 47.0 Å². The maximum atomic E-state index is 11.2. The molecule has 3 nitrogen and oxygen atoms in total. The van der Waals surface area contributed by atoms with Crippen LogP contribution in [0.2, 0.25) is 0 Å². The molecule has 0 radical (unpaired) electrons. The van der Waals surface area contributed by atoms with Crippen LogP contribution >= 0.6 is 0 Å². The lowest BCUT2D eigenvalue weighted by Crippen LogP contribution is -2.47. The topological polar surface area (TPSA) is 29.5 Å². The molecular formula is C14H27NO2. The van der Waals surface area contributed by atoms with Gasteiger partial charge in [0.05, 0.1) is 13.7 Å². The highest BCUT2D eigenvalue weighted by Gasteiger charge is 2.42. The van der Waals surface area contributed by atoms with Crippen LogP contribution in [-0.4, -0.2) is 37.6 Å². The largest absolute Gasteiger partial charge is 0.468 e. The van der Waals surface area contributed by atoms with E-state index in [0.717, 1.165) is 13.1 Å². The number of nitrogens with zero attached hydrogens (tertiary/aromatic N) is 1. The minimum absolute atomic E-state index is 0.121. The molecule has 0 aromatic heterocycles. The Bertz CT molecular complexity index is 260. The van der Waals surface area contributed by atoms with Crippen LogP contribution in [0.1, 0.15) is 47.0 Å². The van der Waals surface area contributed by atoms with Crippen LogP contribution < -0.4 is 0 Å². The van der Waals surface area contributed by atoms with Crippen LogP contribution in [0, 0.1) is 10.8 Å². The van der Waals surface area contributed by atoms with Crippen molar-refractivity contribution in [1.29, 1.82) is 0 Å². The van der Waals surface area contributed by atoms with Crippen LogP contribution in [0.4, 0.5) is 0 Å². The second kappa shape index (κ2) is 5.38. The summed E-state index contributed by atoms with van der Waals surface area (Å²) in [6, 6.07) is 0. The van der Waals surface area contributed by atoms with Crippen molar-refractivity contribution in [2.24, 2.45) is 10.8 Å². The van der Waals surface area contributed by atoms with Gasteiger partial charge < -0.3 is 4.74 Å². The monoisotopic (exact) mass is 241 g/mol. The third-order valence-corrected chi connectivity index (χ3v) is 4.66. The molecule has 0 spiro atoms. The summed E-state index contributed by atoms with van der Waals surface area (Å²) < 4.78 is 4.72. The molecule has 0 bridgehead atoms. The van der Waals surface area contributed by atoms with Gasteiger partial charge in [-0.2, -0.15) is 0 Å². The average molecular weight is 241 g/mol. The van der Waals surface area contributed by atoms with Crippen molar-refractivity contribution in [3.63, 3.8) is 0 Å². The van der Waals surface area contributed by atoms with E-state index >= 15 is 0 Å². The zero-order valence-electron chi connectivity index (χ0n) is 12.0. The SMILES string of the molecule is CCC1(C(C)(C)C)CCN(CC(=O)OC)CC1. The Morgan fingerprint density at radius 2 is 1.82 bits per heavy atom. The fourth-order valence-corrected chi connectivity index (χ4v) is 3.02.